The quantitative estimate of drug-likeness (QED) is 0.650. The maximum Gasteiger partial charge on any atom is 0.153 e. The number of nitriles is 1. The van der Waals surface area contributed by atoms with Crippen LogP contribution in [0.1, 0.15) is 30.1 Å². The number of fused-ring (bicyclic) bond motifs is 1. The molecule has 2 aliphatic heterocycles. The third-order valence-corrected chi connectivity index (χ3v) is 6.33. The van der Waals surface area contributed by atoms with Gasteiger partial charge in [-0.3, -0.25) is 4.98 Å². The van der Waals surface area contributed by atoms with E-state index in [2.05, 4.69) is 44.2 Å². The van der Waals surface area contributed by atoms with Gasteiger partial charge in [-0.2, -0.15) is 5.26 Å². The standard InChI is InChI=1S/C23H25N7O/c1-28-10-11-31-22-19(13-25-14-20(22)28)18-5-3-4-17(12-24)21(18)30-8-6-16(7-9-30)23-27-26-15-29(23)2/h3-5,13-16H,6-11H2,1-2H3. The van der Waals surface area contributed by atoms with Gasteiger partial charge in [0.05, 0.1) is 29.7 Å². The number of piperidine rings is 1. The molecule has 8 heteroatoms. The fourth-order valence-electron chi connectivity index (χ4n) is 4.67. The minimum Gasteiger partial charge on any atom is -0.489 e. The van der Waals surface area contributed by atoms with E-state index >= 15 is 0 Å². The van der Waals surface area contributed by atoms with E-state index in [0.717, 1.165) is 66.6 Å². The Bertz CT molecular complexity index is 1140. The average Bonchev–Trinajstić information content (AvgIpc) is 3.24. The Hall–Kier alpha value is -3.60. The van der Waals surface area contributed by atoms with Crippen LogP contribution >= 0.6 is 0 Å². The Morgan fingerprint density at radius 1 is 1.10 bits per heavy atom. The van der Waals surface area contributed by atoms with E-state index in [4.69, 9.17) is 4.74 Å². The predicted molar refractivity (Wildman–Crippen MR) is 118 cm³/mol. The maximum atomic E-state index is 9.89. The number of para-hydroxylation sites is 1. The lowest BCUT2D eigenvalue weighted by molar-refractivity contribution is 0.312. The lowest BCUT2D eigenvalue weighted by Gasteiger charge is -2.35. The molecule has 31 heavy (non-hydrogen) atoms. The number of benzene rings is 1. The molecule has 4 heterocycles. The summed E-state index contributed by atoms with van der Waals surface area (Å²) in [6.45, 7) is 3.18. The molecule has 2 aromatic heterocycles. The number of anilines is 2. The third-order valence-electron chi connectivity index (χ3n) is 6.33. The number of likely N-dealkylation sites (N-methyl/N-ethyl adjacent to an activating group) is 1. The molecule has 1 fully saturated rings. The normalized spacial score (nSPS) is 16.5. The number of nitrogens with zero attached hydrogens (tertiary/aromatic N) is 7. The topological polar surface area (TPSA) is 83.1 Å². The number of aromatic nitrogens is 4. The van der Waals surface area contributed by atoms with Crippen molar-refractivity contribution in [2.75, 3.05) is 43.1 Å². The lowest BCUT2D eigenvalue weighted by Crippen LogP contribution is -2.34. The van der Waals surface area contributed by atoms with Gasteiger partial charge in [-0.25, -0.2) is 0 Å². The van der Waals surface area contributed by atoms with Gasteiger partial charge in [-0.1, -0.05) is 12.1 Å². The van der Waals surface area contributed by atoms with E-state index < -0.39 is 0 Å². The summed E-state index contributed by atoms with van der Waals surface area (Å²) in [4.78, 5) is 8.97. The van der Waals surface area contributed by atoms with Crippen LogP contribution in [-0.4, -0.2) is 53.0 Å². The molecular formula is C23H25N7O. The van der Waals surface area contributed by atoms with Gasteiger partial charge in [0.25, 0.3) is 0 Å². The van der Waals surface area contributed by atoms with Crippen molar-refractivity contribution in [2.45, 2.75) is 18.8 Å². The van der Waals surface area contributed by atoms with Crippen LogP contribution in [0.5, 0.6) is 5.75 Å². The largest absolute Gasteiger partial charge is 0.489 e. The maximum absolute atomic E-state index is 9.89. The molecule has 0 atom stereocenters. The summed E-state index contributed by atoms with van der Waals surface area (Å²) >= 11 is 0. The first-order valence-electron chi connectivity index (χ1n) is 10.6. The monoisotopic (exact) mass is 415 g/mol. The molecule has 1 aromatic carbocycles. The molecule has 0 N–H and O–H groups in total. The van der Waals surface area contributed by atoms with E-state index in [1.807, 2.05) is 36.1 Å². The minimum absolute atomic E-state index is 0.379. The molecule has 1 saturated heterocycles. The summed E-state index contributed by atoms with van der Waals surface area (Å²) < 4.78 is 8.08. The summed E-state index contributed by atoms with van der Waals surface area (Å²) in [5.74, 6) is 2.25. The first-order chi connectivity index (χ1) is 15.2. The second-order valence-electron chi connectivity index (χ2n) is 8.18. The summed E-state index contributed by atoms with van der Waals surface area (Å²) in [7, 11) is 4.05. The van der Waals surface area contributed by atoms with Gasteiger partial charge in [0.15, 0.2) is 5.75 Å². The van der Waals surface area contributed by atoms with E-state index in [0.29, 0.717) is 18.1 Å². The fraction of sp³-hybridized carbons (Fsp3) is 0.391. The first kappa shape index (κ1) is 19.4. The van der Waals surface area contributed by atoms with Crippen molar-refractivity contribution in [1.29, 1.82) is 5.26 Å². The van der Waals surface area contributed by atoms with Crippen molar-refractivity contribution in [3.8, 4) is 22.9 Å². The zero-order chi connectivity index (χ0) is 21.4. The molecule has 0 saturated carbocycles. The van der Waals surface area contributed by atoms with E-state index in [9.17, 15) is 5.26 Å². The molecule has 2 aliphatic rings. The first-order valence-corrected chi connectivity index (χ1v) is 10.6. The van der Waals surface area contributed by atoms with Crippen molar-refractivity contribution >= 4 is 11.4 Å². The van der Waals surface area contributed by atoms with Crippen LogP contribution in [0.25, 0.3) is 11.1 Å². The molecule has 158 valence electrons. The summed E-state index contributed by atoms with van der Waals surface area (Å²) in [5, 5.41) is 18.2. The van der Waals surface area contributed by atoms with E-state index in [1.54, 1.807) is 6.33 Å². The zero-order valence-corrected chi connectivity index (χ0v) is 17.8. The smallest absolute Gasteiger partial charge is 0.153 e. The van der Waals surface area contributed by atoms with Crippen LogP contribution in [0.3, 0.4) is 0 Å². The predicted octanol–water partition coefficient (Wildman–Crippen LogP) is 2.96. The van der Waals surface area contributed by atoms with Crippen molar-refractivity contribution in [3.63, 3.8) is 0 Å². The van der Waals surface area contributed by atoms with Crippen molar-refractivity contribution in [3.05, 3.63) is 48.3 Å². The van der Waals surface area contributed by atoms with Crippen molar-refractivity contribution in [1.82, 2.24) is 19.7 Å². The second-order valence-corrected chi connectivity index (χ2v) is 8.18. The highest BCUT2D eigenvalue weighted by Gasteiger charge is 2.28. The summed E-state index contributed by atoms with van der Waals surface area (Å²) in [6.07, 6.45) is 7.39. The molecule has 5 rings (SSSR count). The SMILES string of the molecule is CN1CCOc2c(-c3cccc(C#N)c3N3CCC(c4nncn4C)CC3)cncc21. The Morgan fingerprint density at radius 3 is 2.68 bits per heavy atom. The molecule has 0 bridgehead atoms. The van der Waals surface area contributed by atoms with Crippen LogP contribution in [0.2, 0.25) is 0 Å². The zero-order valence-electron chi connectivity index (χ0n) is 17.8. The van der Waals surface area contributed by atoms with Crippen LogP contribution in [0.4, 0.5) is 11.4 Å². The Morgan fingerprint density at radius 2 is 1.94 bits per heavy atom. The Labute approximate surface area is 181 Å². The van der Waals surface area contributed by atoms with Crippen molar-refractivity contribution < 1.29 is 4.74 Å². The van der Waals surface area contributed by atoms with Gasteiger partial charge < -0.3 is 19.1 Å². The second kappa shape index (κ2) is 7.91. The minimum atomic E-state index is 0.379. The van der Waals surface area contributed by atoms with Crippen LogP contribution < -0.4 is 14.5 Å². The summed E-state index contributed by atoms with van der Waals surface area (Å²) in [6, 6.07) is 8.30. The summed E-state index contributed by atoms with van der Waals surface area (Å²) in [5.41, 5.74) is 4.56. The molecule has 0 aliphatic carbocycles. The van der Waals surface area contributed by atoms with Crippen molar-refractivity contribution in [2.24, 2.45) is 7.05 Å². The molecule has 0 unspecified atom stereocenters. The van der Waals surface area contributed by atoms with Gasteiger partial charge in [-0.15, -0.1) is 10.2 Å². The van der Waals surface area contributed by atoms with Gasteiger partial charge in [-0.05, 0) is 18.9 Å². The highest BCUT2D eigenvalue weighted by atomic mass is 16.5. The van der Waals surface area contributed by atoms with Crippen LogP contribution in [0.15, 0.2) is 36.9 Å². The van der Waals surface area contributed by atoms with Crippen LogP contribution in [-0.2, 0) is 7.05 Å². The van der Waals surface area contributed by atoms with Gasteiger partial charge >= 0.3 is 0 Å². The molecule has 0 amide bonds. The third kappa shape index (κ3) is 3.36. The molecule has 8 nitrogen and oxygen atoms in total. The number of hydrogen-bond acceptors (Lipinski definition) is 7. The number of aryl methyl sites for hydroxylation is 1. The number of pyridine rings is 1. The Kier molecular flexibility index (Phi) is 4.94. The number of hydrogen-bond donors (Lipinski definition) is 0. The van der Waals surface area contributed by atoms with Gasteiger partial charge in [0.2, 0.25) is 0 Å². The van der Waals surface area contributed by atoms with Gasteiger partial charge in [0.1, 0.15) is 24.8 Å². The number of ether oxygens (including phenoxy) is 1. The van der Waals surface area contributed by atoms with Gasteiger partial charge in [0, 0.05) is 50.4 Å². The van der Waals surface area contributed by atoms with Crippen LogP contribution in [0, 0.1) is 11.3 Å². The molecule has 0 spiro atoms. The highest BCUT2D eigenvalue weighted by Crippen LogP contribution is 2.44. The fourth-order valence-corrected chi connectivity index (χ4v) is 4.67. The Balaban J connectivity index is 1.52. The van der Waals surface area contributed by atoms with E-state index in [1.165, 1.54) is 0 Å². The average molecular weight is 416 g/mol. The molecular weight excluding hydrogens is 390 g/mol. The molecule has 0 radical (unpaired) electrons. The molecule has 3 aromatic rings. The number of rotatable bonds is 3. The lowest BCUT2D eigenvalue weighted by atomic mass is 9.93. The highest BCUT2D eigenvalue weighted by molar-refractivity contribution is 5.88. The van der Waals surface area contributed by atoms with E-state index in [-0.39, 0.29) is 0 Å².